The van der Waals surface area contributed by atoms with Gasteiger partial charge in [0, 0.05) is 57.4 Å². The highest BCUT2D eigenvalue weighted by molar-refractivity contribution is 7.17. The third kappa shape index (κ3) is 7.22. The molecule has 14 heteroatoms. The highest BCUT2D eigenvalue weighted by Crippen LogP contribution is 2.29. The number of anilines is 5. The lowest BCUT2D eigenvalue weighted by Crippen LogP contribution is -2.49. The summed E-state index contributed by atoms with van der Waals surface area (Å²) in [5.74, 6) is 1.52. The molecule has 2 fully saturated rings. The summed E-state index contributed by atoms with van der Waals surface area (Å²) in [6.45, 7) is 8.12. The Morgan fingerprint density at radius 2 is 1.82 bits per heavy atom. The molecule has 2 aliphatic heterocycles. The summed E-state index contributed by atoms with van der Waals surface area (Å²) in [5.41, 5.74) is 3.35. The van der Waals surface area contributed by atoms with E-state index in [9.17, 15) is 14.4 Å². The van der Waals surface area contributed by atoms with Crippen LogP contribution in [0.25, 0.3) is 0 Å². The van der Waals surface area contributed by atoms with E-state index in [4.69, 9.17) is 11.6 Å². The Kier molecular flexibility index (Phi) is 8.92. The predicted octanol–water partition coefficient (Wildman–Crippen LogP) is 4.97. The molecule has 0 saturated carbocycles. The molecule has 3 N–H and O–H groups in total. The topological polar surface area (TPSA) is 136 Å². The van der Waals surface area contributed by atoms with Crippen molar-refractivity contribution in [1.29, 1.82) is 0 Å². The molecule has 232 valence electrons. The second-order valence-corrected chi connectivity index (χ2v) is 12.3. The van der Waals surface area contributed by atoms with E-state index in [1.165, 1.54) is 17.5 Å². The van der Waals surface area contributed by atoms with Crippen LogP contribution in [0.2, 0.25) is 5.02 Å². The monoisotopic (exact) mass is 645 g/mol. The number of carbonyl (C=O) groups excluding carboxylic acids is 3. The SMILES string of the molecule is Cc1nc(Nc2ncc(C(=O)Nc3c(C)cccc3Cl)s2)cc(N2CCN(Cc3cccc(N4CCC(=O)NC4=O)c3)CC2)n1. The van der Waals surface area contributed by atoms with E-state index < -0.39 is 0 Å². The number of nitrogens with zero attached hydrogens (tertiary/aromatic N) is 6. The average molecular weight is 646 g/mol. The van der Waals surface area contributed by atoms with Gasteiger partial charge >= 0.3 is 6.03 Å². The molecule has 0 aliphatic carbocycles. The fourth-order valence-electron chi connectivity index (χ4n) is 5.32. The van der Waals surface area contributed by atoms with Gasteiger partial charge in [0.25, 0.3) is 5.91 Å². The Morgan fingerprint density at radius 1 is 1.02 bits per heavy atom. The van der Waals surface area contributed by atoms with Gasteiger partial charge in [-0.2, -0.15) is 0 Å². The number of hydrogen-bond acceptors (Lipinski definition) is 10. The summed E-state index contributed by atoms with van der Waals surface area (Å²) in [4.78, 5) is 56.9. The van der Waals surface area contributed by atoms with Gasteiger partial charge in [0.05, 0.1) is 16.9 Å². The van der Waals surface area contributed by atoms with Crippen molar-refractivity contribution in [2.24, 2.45) is 0 Å². The zero-order valence-corrected chi connectivity index (χ0v) is 26.4. The number of benzene rings is 2. The van der Waals surface area contributed by atoms with Gasteiger partial charge in [-0.15, -0.1) is 0 Å². The van der Waals surface area contributed by atoms with Crippen LogP contribution in [0.1, 0.15) is 33.0 Å². The van der Waals surface area contributed by atoms with Crippen molar-refractivity contribution in [2.45, 2.75) is 26.8 Å². The zero-order valence-electron chi connectivity index (χ0n) is 24.8. The number of thiazole rings is 1. The Hall–Kier alpha value is -4.59. The van der Waals surface area contributed by atoms with E-state index >= 15 is 0 Å². The Bertz CT molecular complexity index is 1740. The van der Waals surface area contributed by atoms with E-state index in [0.717, 1.165) is 55.4 Å². The van der Waals surface area contributed by atoms with Crippen molar-refractivity contribution in [1.82, 2.24) is 25.2 Å². The molecule has 45 heavy (non-hydrogen) atoms. The van der Waals surface area contributed by atoms with E-state index in [1.807, 2.05) is 50.2 Å². The number of halogens is 1. The van der Waals surface area contributed by atoms with E-state index in [0.29, 0.717) is 45.3 Å². The van der Waals surface area contributed by atoms with Crippen molar-refractivity contribution in [3.63, 3.8) is 0 Å². The van der Waals surface area contributed by atoms with Crippen molar-refractivity contribution in [3.8, 4) is 0 Å². The summed E-state index contributed by atoms with van der Waals surface area (Å²) >= 11 is 7.50. The van der Waals surface area contributed by atoms with Crippen LogP contribution in [0.15, 0.2) is 54.7 Å². The zero-order chi connectivity index (χ0) is 31.5. The van der Waals surface area contributed by atoms with Crippen molar-refractivity contribution in [2.75, 3.05) is 53.2 Å². The quantitative estimate of drug-likeness (QED) is 0.243. The molecule has 4 aromatic rings. The van der Waals surface area contributed by atoms with Gasteiger partial charge in [-0.05, 0) is 43.2 Å². The maximum Gasteiger partial charge on any atom is 0.328 e. The van der Waals surface area contributed by atoms with Crippen LogP contribution in [-0.2, 0) is 11.3 Å². The lowest BCUT2D eigenvalue weighted by Gasteiger charge is -2.35. The van der Waals surface area contributed by atoms with Gasteiger partial charge in [-0.25, -0.2) is 19.7 Å². The van der Waals surface area contributed by atoms with Crippen LogP contribution >= 0.6 is 22.9 Å². The standard InChI is InChI=1S/C31H32ClN9O3S/c1-19-5-3-8-23(32)28(19)38-29(43)24-17-33-30(45-24)36-25-16-26(35-20(2)34-25)40-13-11-39(12-14-40)18-21-6-4-7-22(15-21)41-10-9-27(42)37-31(41)44/h3-8,15-17H,9-14,18H2,1-2H3,(H,38,43)(H,37,42,44)(H,33,34,35,36). The maximum absolute atomic E-state index is 12.9. The highest BCUT2D eigenvalue weighted by atomic mass is 35.5. The van der Waals surface area contributed by atoms with E-state index in [2.05, 4.69) is 46.8 Å². The number of imide groups is 1. The molecular weight excluding hydrogens is 614 g/mol. The molecule has 2 aliphatic rings. The van der Waals surface area contributed by atoms with Gasteiger partial charge in [-0.3, -0.25) is 24.7 Å². The number of hydrogen-bond donors (Lipinski definition) is 3. The molecule has 0 atom stereocenters. The summed E-state index contributed by atoms with van der Waals surface area (Å²) in [6.07, 6.45) is 1.82. The molecule has 4 heterocycles. The first-order valence-corrected chi connectivity index (χ1v) is 15.7. The first-order chi connectivity index (χ1) is 21.7. The van der Waals surface area contributed by atoms with Crippen molar-refractivity contribution >= 4 is 68.9 Å². The summed E-state index contributed by atoms with van der Waals surface area (Å²) in [6, 6.07) is 14.9. The Labute approximate surface area is 269 Å². The predicted molar refractivity (Wildman–Crippen MR) is 176 cm³/mol. The number of aryl methyl sites for hydroxylation is 2. The smallest absolute Gasteiger partial charge is 0.328 e. The minimum atomic E-state index is -0.379. The van der Waals surface area contributed by atoms with Gasteiger partial charge in [0.15, 0.2) is 5.13 Å². The van der Waals surface area contributed by atoms with Gasteiger partial charge in [0.2, 0.25) is 5.91 Å². The highest BCUT2D eigenvalue weighted by Gasteiger charge is 2.25. The minimum Gasteiger partial charge on any atom is -0.354 e. The Balaban J connectivity index is 1.05. The van der Waals surface area contributed by atoms with Crippen LogP contribution in [0, 0.1) is 13.8 Å². The van der Waals surface area contributed by atoms with Gasteiger partial charge in [0.1, 0.15) is 22.3 Å². The van der Waals surface area contributed by atoms with Crippen LogP contribution in [0.5, 0.6) is 0 Å². The molecule has 0 radical (unpaired) electrons. The molecular formula is C31H32ClN9O3S. The fraction of sp³-hybridized carbons (Fsp3) is 0.290. The number of carbonyl (C=O) groups is 3. The van der Waals surface area contributed by atoms with Gasteiger partial charge < -0.3 is 15.5 Å². The Morgan fingerprint density at radius 3 is 2.60 bits per heavy atom. The minimum absolute atomic E-state index is 0.242. The summed E-state index contributed by atoms with van der Waals surface area (Å²) in [5, 5.41) is 9.51. The lowest BCUT2D eigenvalue weighted by molar-refractivity contribution is -0.120. The number of piperazine rings is 1. The molecule has 0 unspecified atom stereocenters. The third-order valence-electron chi connectivity index (χ3n) is 7.63. The third-order valence-corrected chi connectivity index (χ3v) is 8.85. The number of para-hydroxylation sites is 1. The second kappa shape index (κ2) is 13.2. The number of urea groups is 1. The normalized spacial score (nSPS) is 15.6. The van der Waals surface area contributed by atoms with Gasteiger partial charge in [-0.1, -0.05) is 47.2 Å². The molecule has 2 aromatic heterocycles. The first kappa shape index (κ1) is 30.4. The molecule has 4 amide bonds. The van der Waals surface area contributed by atoms with Crippen LogP contribution < -0.4 is 25.8 Å². The molecule has 12 nitrogen and oxygen atoms in total. The number of nitrogens with one attached hydrogen (secondary N) is 3. The van der Waals surface area contributed by atoms with Crippen molar-refractivity contribution in [3.05, 3.63) is 81.6 Å². The molecule has 2 saturated heterocycles. The molecule has 0 spiro atoms. The average Bonchev–Trinajstić information content (AvgIpc) is 3.48. The largest absolute Gasteiger partial charge is 0.354 e. The lowest BCUT2D eigenvalue weighted by atomic mass is 10.1. The number of amides is 4. The number of rotatable bonds is 8. The fourth-order valence-corrected chi connectivity index (χ4v) is 6.30. The summed E-state index contributed by atoms with van der Waals surface area (Å²) in [7, 11) is 0. The second-order valence-electron chi connectivity index (χ2n) is 10.9. The first-order valence-electron chi connectivity index (χ1n) is 14.5. The van der Waals surface area contributed by atoms with E-state index in [-0.39, 0.29) is 17.8 Å². The summed E-state index contributed by atoms with van der Waals surface area (Å²) < 4.78 is 0. The van der Waals surface area contributed by atoms with Crippen LogP contribution in [-0.4, -0.2) is 70.4 Å². The number of aromatic nitrogens is 3. The van der Waals surface area contributed by atoms with Crippen LogP contribution in [0.4, 0.5) is 32.9 Å². The van der Waals surface area contributed by atoms with Crippen LogP contribution in [0.3, 0.4) is 0 Å². The molecule has 0 bridgehead atoms. The molecule has 2 aromatic carbocycles. The van der Waals surface area contributed by atoms with E-state index in [1.54, 1.807) is 11.0 Å². The van der Waals surface area contributed by atoms with Crippen molar-refractivity contribution < 1.29 is 14.4 Å². The molecule has 6 rings (SSSR count). The maximum atomic E-state index is 12.9.